The zero-order valence-electron chi connectivity index (χ0n) is 15.9. The largest absolute Gasteiger partial charge is 0.452 e. The fourth-order valence-electron chi connectivity index (χ4n) is 2.75. The number of ether oxygens (including phenoxy) is 2. The molecule has 1 amide bonds. The lowest BCUT2D eigenvalue weighted by Gasteiger charge is -2.26. The average Bonchev–Trinajstić information content (AvgIpc) is 2.75. The lowest BCUT2D eigenvalue weighted by Crippen LogP contribution is -2.41. The fourth-order valence-corrected chi connectivity index (χ4v) is 4.70. The molecule has 0 radical (unpaired) electrons. The average molecular weight is 491 g/mol. The van der Waals surface area contributed by atoms with E-state index in [0.717, 1.165) is 22.5 Å². The van der Waals surface area contributed by atoms with Gasteiger partial charge in [0.15, 0.2) is 6.61 Å². The van der Waals surface area contributed by atoms with Gasteiger partial charge in [-0.15, -0.1) is 0 Å². The minimum Gasteiger partial charge on any atom is -0.452 e. The third kappa shape index (κ3) is 5.72. The van der Waals surface area contributed by atoms with E-state index in [1.165, 1.54) is 18.2 Å². The van der Waals surface area contributed by atoms with Crippen LogP contribution in [0.2, 0.25) is 10.0 Å². The Hall–Kier alpha value is -2.24. The summed E-state index contributed by atoms with van der Waals surface area (Å²) in [6, 6.07) is 7.24. The van der Waals surface area contributed by atoms with Crippen LogP contribution in [0.3, 0.4) is 0 Å². The zero-order chi connectivity index (χ0) is 22.6. The molecule has 1 saturated heterocycles. The van der Waals surface area contributed by atoms with Gasteiger partial charge in [0.25, 0.3) is 5.91 Å². The highest BCUT2D eigenvalue weighted by molar-refractivity contribution is 7.89. The quantitative estimate of drug-likeness (QED) is 0.624. The smallest absolute Gasteiger partial charge is 0.338 e. The van der Waals surface area contributed by atoms with E-state index >= 15 is 0 Å². The second-order valence-electron chi connectivity index (χ2n) is 6.41. The maximum atomic E-state index is 14.2. The second-order valence-corrected chi connectivity index (χ2v) is 9.16. The summed E-state index contributed by atoms with van der Waals surface area (Å²) in [5.41, 5.74) is 0.0540. The molecule has 2 aromatic carbocycles. The number of hydrogen-bond acceptors (Lipinski definition) is 6. The van der Waals surface area contributed by atoms with Crippen LogP contribution in [0, 0.1) is 5.82 Å². The van der Waals surface area contributed by atoms with E-state index in [9.17, 15) is 22.4 Å². The molecule has 0 aliphatic carbocycles. The number of rotatable bonds is 6. The molecule has 3 rings (SSSR count). The third-order valence-corrected chi connectivity index (χ3v) is 6.76. The minimum atomic E-state index is -4.16. The van der Waals surface area contributed by atoms with Gasteiger partial charge in [-0.25, -0.2) is 17.6 Å². The summed E-state index contributed by atoms with van der Waals surface area (Å²) in [5, 5.41) is 3.03. The summed E-state index contributed by atoms with van der Waals surface area (Å²) in [6.45, 7) is -0.140. The van der Waals surface area contributed by atoms with Gasteiger partial charge in [0.05, 0.1) is 29.5 Å². The van der Waals surface area contributed by atoms with Gasteiger partial charge in [-0.05, 0) is 36.4 Å². The number of benzene rings is 2. The van der Waals surface area contributed by atoms with Crippen LogP contribution in [0.25, 0.3) is 0 Å². The van der Waals surface area contributed by atoms with Gasteiger partial charge in [-0.1, -0.05) is 23.2 Å². The monoisotopic (exact) mass is 490 g/mol. The number of esters is 1. The predicted molar refractivity (Wildman–Crippen MR) is 111 cm³/mol. The van der Waals surface area contributed by atoms with Gasteiger partial charge in [-0.3, -0.25) is 4.79 Å². The number of anilines is 1. The molecule has 0 saturated carbocycles. The van der Waals surface area contributed by atoms with E-state index in [1.807, 2.05) is 0 Å². The summed E-state index contributed by atoms with van der Waals surface area (Å²) >= 11 is 11.7. The standard InChI is InChI=1S/C19H17Cl2FN2O6S/c20-13-2-4-16(14(21)10-13)23-18(25)11-30-19(26)12-1-3-15(22)17(9-12)31(27,28)24-5-7-29-8-6-24/h1-4,9-10H,5-8,11H2,(H,23,25). The molecule has 1 aliphatic rings. The molecule has 0 spiro atoms. The van der Waals surface area contributed by atoms with E-state index in [1.54, 1.807) is 0 Å². The van der Waals surface area contributed by atoms with Crippen molar-refractivity contribution in [3.63, 3.8) is 0 Å². The van der Waals surface area contributed by atoms with Crippen molar-refractivity contribution in [1.82, 2.24) is 4.31 Å². The zero-order valence-corrected chi connectivity index (χ0v) is 18.3. The third-order valence-electron chi connectivity index (χ3n) is 4.29. The first-order valence-electron chi connectivity index (χ1n) is 8.98. The molecule has 0 aromatic heterocycles. The molecule has 166 valence electrons. The number of hydrogen-bond donors (Lipinski definition) is 1. The first-order valence-corrected chi connectivity index (χ1v) is 11.2. The van der Waals surface area contributed by atoms with Crippen LogP contribution in [0.5, 0.6) is 0 Å². The fraction of sp³-hybridized carbons (Fsp3) is 0.263. The minimum absolute atomic E-state index is 0.0733. The number of halogens is 3. The van der Waals surface area contributed by atoms with E-state index in [4.69, 9.17) is 32.7 Å². The Labute approximate surface area is 187 Å². The summed E-state index contributed by atoms with van der Waals surface area (Å²) in [4.78, 5) is 23.6. The Morgan fingerprint density at radius 1 is 1.13 bits per heavy atom. The summed E-state index contributed by atoms with van der Waals surface area (Å²) in [7, 11) is -4.16. The van der Waals surface area contributed by atoms with Crippen LogP contribution < -0.4 is 5.32 Å². The van der Waals surface area contributed by atoms with Crippen molar-refractivity contribution >= 4 is 50.8 Å². The summed E-state index contributed by atoms with van der Waals surface area (Å²) < 4.78 is 50.7. The van der Waals surface area contributed by atoms with E-state index in [2.05, 4.69) is 5.32 Å². The SMILES string of the molecule is O=C(COC(=O)c1ccc(F)c(S(=O)(=O)N2CCOCC2)c1)Nc1ccc(Cl)cc1Cl. The van der Waals surface area contributed by atoms with E-state index in [-0.39, 0.29) is 42.6 Å². The Bertz CT molecular complexity index is 1110. The highest BCUT2D eigenvalue weighted by Crippen LogP contribution is 2.25. The summed E-state index contributed by atoms with van der Waals surface area (Å²) in [6.07, 6.45) is 0. The number of amides is 1. The molecule has 1 N–H and O–H groups in total. The molecule has 0 atom stereocenters. The molecule has 0 unspecified atom stereocenters. The Morgan fingerprint density at radius 2 is 1.84 bits per heavy atom. The van der Waals surface area contributed by atoms with E-state index < -0.39 is 39.2 Å². The van der Waals surface area contributed by atoms with Crippen LogP contribution in [0.4, 0.5) is 10.1 Å². The molecule has 1 heterocycles. The van der Waals surface area contributed by atoms with Gasteiger partial charge in [-0.2, -0.15) is 4.31 Å². The lowest BCUT2D eigenvalue weighted by molar-refractivity contribution is -0.119. The lowest BCUT2D eigenvalue weighted by atomic mass is 10.2. The molecule has 1 fully saturated rings. The maximum absolute atomic E-state index is 14.2. The number of carbonyl (C=O) groups excluding carboxylic acids is 2. The highest BCUT2D eigenvalue weighted by atomic mass is 35.5. The van der Waals surface area contributed by atoms with Gasteiger partial charge in [0.2, 0.25) is 10.0 Å². The van der Waals surface area contributed by atoms with Crippen molar-refractivity contribution in [3.05, 3.63) is 57.8 Å². The van der Waals surface area contributed by atoms with Crippen LogP contribution in [0.15, 0.2) is 41.3 Å². The van der Waals surface area contributed by atoms with Crippen molar-refractivity contribution in [2.45, 2.75) is 4.90 Å². The van der Waals surface area contributed by atoms with Crippen molar-refractivity contribution in [2.24, 2.45) is 0 Å². The number of nitrogens with zero attached hydrogens (tertiary/aromatic N) is 1. The van der Waals surface area contributed by atoms with Gasteiger partial charge in [0.1, 0.15) is 10.7 Å². The predicted octanol–water partition coefficient (Wildman–Crippen LogP) is 2.95. The van der Waals surface area contributed by atoms with Crippen molar-refractivity contribution in [2.75, 3.05) is 38.2 Å². The number of carbonyl (C=O) groups is 2. The second kappa shape index (κ2) is 9.92. The molecule has 8 nitrogen and oxygen atoms in total. The topological polar surface area (TPSA) is 102 Å². The first-order chi connectivity index (χ1) is 14.7. The Morgan fingerprint density at radius 3 is 2.52 bits per heavy atom. The van der Waals surface area contributed by atoms with Crippen molar-refractivity contribution < 1.29 is 31.9 Å². The Kier molecular flexibility index (Phi) is 7.50. The molecular formula is C19H17Cl2FN2O6S. The van der Waals surface area contributed by atoms with Crippen LogP contribution in [-0.4, -0.2) is 57.5 Å². The number of morpholine rings is 1. The number of sulfonamides is 1. The molecule has 12 heteroatoms. The Balaban J connectivity index is 1.68. The van der Waals surface area contributed by atoms with Crippen molar-refractivity contribution in [1.29, 1.82) is 0 Å². The van der Waals surface area contributed by atoms with Crippen LogP contribution in [-0.2, 0) is 24.3 Å². The molecule has 31 heavy (non-hydrogen) atoms. The number of nitrogens with one attached hydrogen (secondary N) is 1. The highest BCUT2D eigenvalue weighted by Gasteiger charge is 2.30. The van der Waals surface area contributed by atoms with Gasteiger partial charge < -0.3 is 14.8 Å². The van der Waals surface area contributed by atoms with E-state index in [0.29, 0.717) is 5.02 Å². The van der Waals surface area contributed by atoms with Gasteiger partial charge >= 0.3 is 5.97 Å². The van der Waals surface area contributed by atoms with Crippen LogP contribution >= 0.6 is 23.2 Å². The maximum Gasteiger partial charge on any atom is 0.338 e. The summed E-state index contributed by atoms with van der Waals surface area (Å²) in [5.74, 6) is -2.67. The molecule has 0 bridgehead atoms. The molecular weight excluding hydrogens is 474 g/mol. The van der Waals surface area contributed by atoms with Crippen LogP contribution in [0.1, 0.15) is 10.4 Å². The normalized spacial score (nSPS) is 14.8. The van der Waals surface area contributed by atoms with Crippen molar-refractivity contribution in [3.8, 4) is 0 Å². The molecule has 1 aliphatic heterocycles. The van der Waals surface area contributed by atoms with Gasteiger partial charge in [0, 0.05) is 18.1 Å². The first kappa shape index (κ1) is 23.4. The molecule has 2 aromatic rings.